The molecule has 6 nitrogen and oxygen atoms in total. The van der Waals surface area contributed by atoms with Gasteiger partial charge >= 0.3 is 0 Å². The molecule has 0 spiro atoms. The summed E-state index contributed by atoms with van der Waals surface area (Å²) in [5.74, 6) is -0.366. The number of anilines is 1. The van der Waals surface area contributed by atoms with Crippen molar-refractivity contribution in [3.63, 3.8) is 0 Å². The summed E-state index contributed by atoms with van der Waals surface area (Å²) in [5, 5.41) is 5.71. The van der Waals surface area contributed by atoms with Gasteiger partial charge in [-0.2, -0.15) is 0 Å². The Hall–Kier alpha value is -3.41. The molecule has 0 fully saturated rings. The van der Waals surface area contributed by atoms with E-state index in [9.17, 15) is 9.59 Å². The van der Waals surface area contributed by atoms with Crippen LogP contribution in [0.3, 0.4) is 0 Å². The molecule has 2 heterocycles. The smallest absolute Gasteiger partial charge is 0.291 e. The molecule has 0 bridgehead atoms. The van der Waals surface area contributed by atoms with Gasteiger partial charge < -0.3 is 15.1 Å². The number of furan rings is 1. The second-order valence-electron chi connectivity index (χ2n) is 5.94. The first-order chi connectivity index (χ1) is 12.5. The minimum Gasteiger partial charge on any atom is -0.459 e. The molecule has 0 aliphatic rings. The van der Waals surface area contributed by atoms with Gasteiger partial charge in [0.1, 0.15) is 0 Å². The fourth-order valence-electron chi connectivity index (χ4n) is 2.51. The molecule has 26 heavy (non-hydrogen) atoms. The van der Waals surface area contributed by atoms with Gasteiger partial charge in [-0.15, -0.1) is 0 Å². The van der Waals surface area contributed by atoms with Crippen LogP contribution in [0.4, 0.5) is 5.69 Å². The lowest BCUT2D eigenvalue weighted by molar-refractivity contribution is 0.0938. The Kier molecular flexibility index (Phi) is 5.12. The normalized spacial score (nSPS) is 11.6. The van der Waals surface area contributed by atoms with E-state index >= 15 is 0 Å². The molecule has 0 saturated heterocycles. The van der Waals surface area contributed by atoms with Crippen LogP contribution in [-0.4, -0.2) is 16.8 Å². The summed E-state index contributed by atoms with van der Waals surface area (Å²) in [4.78, 5) is 28.7. The third kappa shape index (κ3) is 3.97. The van der Waals surface area contributed by atoms with E-state index in [1.807, 2.05) is 26.0 Å². The molecule has 3 aromatic rings. The van der Waals surface area contributed by atoms with Crippen molar-refractivity contribution in [2.45, 2.75) is 19.9 Å². The lowest BCUT2D eigenvalue weighted by Gasteiger charge is -2.15. The van der Waals surface area contributed by atoms with Crippen LogP contribution in [0.25, 0.3) is 0 Å². The number of carbonyl (C=O) groups is 2. The summed E-state index contributed by atoms with van der Waals surface area (Å²) in [6.07, 6.45) is 4.81. The molecule has 0 aliphatic heterocycles. The van der Waals surface area contributed by atoms with Crippen molar-refractivity contribution >= 4 is 17.5 Å². The zero-order chi connectivity index (χ0) is 18.5. The van der Waals surface area contributed by atoms with Gasteiger partial charge in [-0.1, -0.05) is 6.07 Å². The summed E-state index contributed by atoms with van der Waals surface area (Å²) in [7, 11) is 0. The topological polar surface area (TPSA) is 84.2 Å². The minimum atomic E-state index is -0.360. The van der Waals surface area contributed by atoms with Gasteiger partial charge in [-0.05, 0) is 61.4 Å². The number of aromatic nitrogens is 1. The van der Waals surface area contributed by atoms with Crippen molar-refractivity contribution in [2.75, 3.05) is 5.32 Å². The molecule has 6 heteroatoms. The maximum Gasteiger partial charge on any atom is 0.291 e. The van der Waals surface area contributed by atoms with Crippen LogP contribution >= 0.6 is 0 Å². The van der Waals surface area contributed by atoms with Crippen LogP contribution in [0.5, 0.6) is 0 Å². The molecule has 0 aliphatic carbocycles. The van der Waals surface area contributed by atoms with Crippen LogP contribution in [0.2, 0.25) is 0 Å². The molecule has 0 radical (unpaired) electrons. The summed E-state index contributed by atoms with van der Waals surface area (Å²) in [6, 6.07) is 12.0. The summed E-state index contributed by atoms with van der Waals surface area (Å²) in [6.45, 7) is 3.76. The Morgan fingerprint density at radius 2 is 1.85 bits per heavy atom. The average Bonchev–Trinajstić information content (AvgIpc) is 3.19. The number of pyridine rings is 1. The molecule has 1 atom stereocenters. The minimum absolute atomic E-state index is 0.159. The van der Waals surface area contributed by atoms with E-state index in [1.54, 1.807) is 42.7 Å². The molecule has 132 valence electrons. The zero-order valence-corrected chi connectivity index (χ0v) is 14.5. The number of amides is 2. The van der Waals surface area contributed by atoms with Crippen molar-refractivity contribution in [2.24, 2.45) is 0 Å². The number of hydrogen-bond donors (Lipinski definition) is 2. The van der Waals surface area contributed by atoms with Crippen LogP contribution in [0.15, 0.2) is 65.5 Å². The maximum atomic E-state index is 12.5. The van der Waals surface area contributed by atoms with Gasteiger partial charge in [0, 0.05) is 23.6 Å². The highest BCUT2D eigenvalue weighted by Gasteiger charge is 2.15. The SMILES string of the molecule is Cc1ccc(C(=O)N[C@@H](C)c2ccncc2)cc1NC(=O)c1ccco1. The van der Waals surface area contributed by atoms with Gasteiger partial charge in [0.2, 0.25) is 0 Å². The fraction of sp³-hybridized carbons (Fsp3) is 0.150. The quantitative estimate of drug-likeness (QED) is 0.735. The highest BCUT2D eigenvalue weighted by atomic mass is 16.3. The first-order valence-corrected chi connectivity index (χ1v) is 8.21. The van der Waals surface area contributed by atoms with Gasteiger partial charge in [-0.25, -0.2) is 0 Å². The van der Waals surface area contributed by atoms with Crippen LogP contribution in [0, 0.1) is 6.92 Å². The van der Waals surface area contributed by atoms with Gasteiger partial charge in [0.25, 0.3) is 11.8 Å². The molecule has 0 unspecified atom stereocenters. The Balaban J connectivity index is 1.74. The first-order valence-electron chi connectivity index (χ1n) is 8.21. The predicted octanol–water partition coefficient (Wildman–Crippen LogP) is 3.73. The van der Waals surface area contributed by atoms with E-state index in [0.29, 0.717) is 11.3 Å². The fourth-order valence-corrected chi connectivity index (χ4v) is 2.51. The average molecular weight is 349 g/mol. The van der Waals surface area contributed by atoms with E-state index in [4.69, 9.17) is 4.42 Å². The number of nitrogens with zero attached hydrogens (tertiary/aromatic N) is 1. The standard InChI is InChI=1S/C20H19N3O3/c1-13-5-6-16(12-17(13)23-20(25)18-4-3-11-26-18)19(24)22-14(2)15-7-9-21-10-8-15/h3-12,14H,1-2H3,(H,22,24)(H,23,25)/t14-/m0/s1. The molecule has 2 N–H and O–H groups in total. The molecule has 1 aromatic carbocycles. The number of aryl methyl sites for hydroxylation is 1. The van der Waals surface area contributed by atoms with E-state index in [1.165, 1.54) is 6.26 Å². The number of hydrogen-bond acceptors (Lipinski definition) is 4. The molecular weight excluding hydrogens is 330 g/mol. The van der Waals surface area contributed by atoms with Crippen molar-refractivity contribution in [3.8, 4) is 0 Å². The Bertz CT molecular complexity index is 905. The van der Waals surface area contributed by atoms with Crippen molar-refractivity contribution in [3.05, 3.63) is 83.6 Å². The van der Waals surface area contributed by atoms with Crippen LogP contribution in [-0.2, 0) is 0 Å². The predicted molar refractivity (Wildman–Crippen MR) is 98.0 cm³/mol. The van der Waals surface area contributed by atoms with Crippen molar-refractivity contribution in [1.29, 1.82) is 0 Å². The second kappa shape index (κ2) is 7.65. The highest BCUT2D eigenvalue weighted by molar-refractivity contribution is 6.04. The number of nitrogens with one attached hydrogen (secondary N) is 2. The van der Waals surface area contributed by atoms with Crippen LogP contribution < -0.4 is 10.6 Å². The van der Waals surface area contributed by atoms with Crippen LogP contribution in [0.1, 0.15) is 45.0 Å². The summed E-state index contributed by atoms with van der Waals surface area (Å²) in [5.41, 5.74) is 2.84. The van der Waals surface area contributed by atoms with Crippen molar-refractivity contribution in [1.82, 2.24) is 10.3 Å². The number of carbonyl (C=O) groups excluding carboxylic acids is 2. The molecular formula is C20H19N3O3. The summed E-state index contributed by atoms with van der Waals surface area (Å²) >= 11 is 0. The zero-order valence-electron chi connectivity index (χ0n) is 14.5. The third-order valence-electron chi connectivity index (χ3n) is 4.05. The maximum absolute atomic E-state index is 12.5. The second-order valence-corrected chi connectivity index (χ2v) is 5.94. The molecule has 0 saturated carbocycles. The first kappa shape index (κ1) is 17.4. The van der Waals surface area contributed by atoms with Gasteiger partial charge in [0.15, 0.2) is 5.76 Å². The van der Waals surface area contributed by atoms with E-state index in [0.717, 1.165) is 11.1 Å². The van der Waals surface area contributed by atoms with E-state index in [-0.39, 0.29) is 23.6 Å². The molecule has 2 aromatic heterocycles. The monoisotopic (exact) mass is 349 g/mol. The molecule has 3 rings (SSSR count). The largest absolute Gasteiger partial charge is 0.459 e. The van der Waals surface area contributed by atoms with Gasteiger partial charge in [0.05, 0.1) is 12.3 Å². The molecule has 2 amide bonds. The third-order valence-corrected chi connectivity index (χ3v) is 4.05. The van der Waals surface area contributed by atoms with E-state index < -0.39 is 0 Å². The van der Waals surface area contributed by atoms with Crippen molar-refractivity contribution < 1.29 is 14.0 Å². The number of rotatable bonds is 5. The lowest BCUT2D eigenvalue weighted by atomic mass is 10.1. The van der Waals surface area contributed by atoms with Gasteiger partial charge in [-0.3, -0.25) is 14.6 Å². The van der Waals surface area contributed by atoms with E-state index in [2.05, 4.69) is 15.6 Å². The Labute approximate surface area is 151 Å². The highest BCUT2D eigenvalue weighted by Crippen LogP contribution is 2.19. The lowest BCUT2D eigenvalue weighted by Crippen LogP contribution is -2.26. The summed E-state index contributed by atoms with van der Waals surface area (Å²) < 4.78 is 5.09. The Morgan fingerprint density at radius 1 is 1.08 bits per heavy atom. The Morgan fingerprint density at radius 3 is 2.54 bits per heavy atom. The number of benzene rings is 1.